The molecule has 2 bridgehead atoms. The van der Waals surface area contributed by atoms with Crippen LogP contribution in [0.25, 0.3) is 0 Å². The van der Waals surface area contributed by atoms with E-state index in [9.17, 15) is 9.59 Å². The highest BCUT2D eigenvalue weighted by atomic mass is 16.2. The van der Waals surface area contributed by atoms with Crippen molar-refractivity contribution in [1.29, 1.82) is 0 Å². The van der Waals surface area contributed by atoms with Crippen LogP contribution in [0.5, 0.6) is 0 Å². The minimum absolute atomic E-state index is 0.187. The van der Waals surface area contributed by atoms with E-state index in [1.807, 2.05) is 4.90 Å². The Morgan fingerprint density at radius 2 is 1.68 bits per heavy atom. The van der Waals surface area contributed by atoms with Crippen molar-refractivity contribution in [3.05, 3.63) is 18.4 Å². The lowest BCUT2D eigenvalue weighted by atomic mass is 9.81. The Morgan fingerprint density at radius 3 is 2.32 bits per heavy atom. The SMILES string of the molecule is [2H]c1cnc(N2CCN(C([2H])([2H])CCCN3C(=O)[C@@H]4[C@H](C3=O)[C@H]3C[C@@H]4C([2H])C3[2H])CC2)nc1. The number of likely N-dealkylation sites (tertiary alicyclic amines) is 1. The summed E-state index contributed by atoms with van der Waals surface area (Å²) in [5, 5.41) is 0. The fourth-order valence-corrected chi connectivity index (χ4v) is 5.14. The van der Waals surface area contributed by atoms with E-state index in [0.717, 1.165) is 0 Å². The van der Waals surface area contributed by atoms with Crippen molar-refractivity contribution in [3.8, 4) is 0 Å². The zero-order valence-corrected chi connectivity index (χ0v) is 15.8. The largest absolute Gasteiger partial charge is 0.338 e. The van der Waals surface area contributed by atoms with Crippen LogP contribution in [-0.4, -0.2) is 70.8 Å². The fourth-order valence-electron chi connectivity index (χ4n) is 5.14. The summed E-state index contributed by atoms with van der Waals surface area (Å²) in [6.07, 6.45) is 2.94. The van der Waals surface area contributed by atoms with Crippen LogP contribution >= 0.6 is 0 Å². The van der Waals surface area contributed by atoms with Crippen LogP contribution in [0.3, 0.4) is 0 Å². The van der Waals surface area contributed by atoms with E-state index >= 15 is 0 Å². The highest BCUT2D eigenvalue weighted by Crippen LogP contribution is 2.56. The predicted octanol–water partition coefficient (Wildman–Crippen LogP) is 1.41. The number of fused-ring (bicyclic) bond motifs is 5. The number of hydrogen-bond donors (Lipinski definition) is 0. The molecule has 0 N–H and O–H groups in total. The second-order valence-corrected chi connectivity index (χ2v) is 8.05. The van der Waals surface area contributed by atoms with Gasteiger partial charge in [0.05, 0.1) is 13.2 Å². The Hall–Kier alpha value is -2.02. The summed E-state index contributed by atoms with van der Waals surface area (Å²) in [4.78, 5) is 39.2. The number of imide groups is 1. The molecule has 2 aliphatic carbocycles. The smallest absolute Gasteiger partial charge is 0.233 e. The highest BCUT2D eigenvalue weighted by Gasteiger charge is 2.60. The van der Waals surface area contributed by atoms with Crippen LogP contribution in [-0.2, 0) is 9.59 Å². The van der Waals surface area contributed by atoms with Gasteiger partial charge >= 0.3 is 0 Å². The summed E-state index contributed by atoms with van der Waals surface area (Å²) in [6.45, 7) is 0.802. The summed E-state index contributed by atoms with van der Waals surface area (Å²) < 4.78 is 40.9. The van der Waals surface area contributed by atoms with Gasteiger partial charge in [-0.2, -0.15) is 0 Å². The molecule has 3 heterocycles. The lowest BCUT2D eigenvalue weighted by Gasteiger charge is -2.34. The van der Waals surface area contributed by atoms with Crippen molar-refractivity contribution in [2.24, 2.45) is 23.7 Å². The highest BCUT2D eigenvalue weighted by molar-refractivity contribution is 6.06. The molecule has 2 aliphatic heterocycles. The molecule has 150 valence electrons. The number of aromatic nitrogens is 2. The standard InChI is InChI=1S/C21H29N5O2/c27-19-17-15-4-5-16(14-15)18(17)20(28)26(19)9-2-1-8-24-10-12-25(13-11-24)21-22-6-3-7-23-21/h3,6-7,15-18H,1-2,4-5,8-14H2/t15-,16+,17-,18+/i3D,4D,5D,8D2/t4?,5?,15-,16+,17-,18+. The molecule has 0 radical (unpaired) electrons. The molecule has 28 heavy (non-hydrogen) atoms. The van der Waals surface area contributed by atoms with Gasteiger partial charge in [0.15, 0.2) is 0 Å². The van der Waals surface area contributed by atoms with E-state index in [-0.39, 0.29) is 42.7 Å². The van der Waals surface area contributed by atoms with E-state index < -0.39 is 31.1 Å². The number of carbonyl (C=O) groups is 2. The first-order valence-electron chi connectivity index (χ1n) is 12.8. The van der Waals surface area contributed by atoms with Gasteiger partial charge in [-0.3, -0.25) is 19.4 Å². The molecule has 6 atom stereocenters. The third kappa shape index (κ3) is 3.09. The van der Waals surface area contributed by atoms with Crippen molar-refractivity contribution < 1.29 is 16.4 Å². The number of hydrogen-bond acceptors (Lipinski definition) is 6. The molecular formula is C21H29N5O2. The Morgan fingerprint density at radius 1 is 1.04 bits per heavy atom. The molecule has 2 unspecified atom stereocenters. The lowest BCUT2D eigenvalue weighted by molar-refractivity contribution is -0.140. The number of piperazine rings is 1. The molecule has 2 saturated carbocycles. The van der Waals surface area contributed by atoms with Gasteiger partial charge in [0.2, 0.25) is 17.8 Å². The quantitative estimate of drug-likeness (QED) is 0.687. The van der Waals surface area contributed by atoms with Crippen LogP contribution in [0.1, 0.15) is 38.9 Å². The van der Waals surface area contributed by atoms with E-state index in [0.29, 0.717) is 45.0 Å². The molecule has 2 saturated heterocycles. The molecule has 7 nitrogen and oxygen atoms in total. The first-order chi connectivity index (χ1) is 15.7. The maximum atomic E-state index is 12.9. The summed E-state index contributed by atoms with van der Waals surface area (Å²) in [5.74, 6) is -1.14. The third-order valence-electron chi connectivity index (χ3n) is 6.53. The minimum Gasteiger partial charge on any atom is -0.338 e. The number of rotatable bonds is 6. The summed E-state index contributed by atoms with van der Waals surface area (Å²) in [6, 6.07) is 0.249. The van der Waals surface area contributed by atoms with Gasteiger partial charge in [-0.15, -0.1) is 0 Å². The van der Waals surface area contributed by atoms with Crippen molar-refractivity contribution in [1.82, 2.24) is 19.8 Å². The summed E-state index contributed by atoms with van der Waals surface area (Å²) >= 11 is 0. The van der Waals surface area contributed by atoms with Crippen molar-refractivity contribution in [2.75, 3.05) is 44.1 Å². The van der Waals surface area contributed by atoms with Crippen molar-refractivity contribution in [2.45, 2.75) is 32.1 Å². The Kier molecular flexibility index (Phi) is 3.51. The van der Waals surface area contributed by atoms with Crippen LogP contribution in [0.4, 0.5) is 5.95 Å². The monoisotopic (exact) mass is 388 g/mol. The number of anilines is 1. The second kappa shape index (κ2) is 7.43. The molecule has 4 aliphatic rings. The van der Waals surface area contributed by atoms with Crippen LogP contribution in [0.2, 0.25) is 0 Å². The van der Waals surface area contributed by atoms with E-state index in [4.69, 9.17) is 6.85 Å². The van der Waals surface area contributed by atoms with Gasteiger partial charge in [0.1, 0.15) is 0 Å². The normalized spacial score (nSPS) is 40.8. The first-order valence-corrected chi connectivity index (χ1v) is 10.2. The molecule has 4 fully saturated rings. The van der Waals surface area contributed by atoms with Gasteiger partial charge in [0.25, 0.3) is 0 Å². The van der Waals surface area contributed by atoms with Gasteiger partial charge in [-0.25, -0.2) is 9.97 Å². The molecule has 0 aromatic carbocycles. The average molecular weight is 389 g/mol. The molecule has 1 aromatic rings. The van der Waals surface area contributed by atoms with Gasteiger partial charge < -0.3 is 4.90 Å². The summed E-state index contributed by atoms with van der Waals surface area (Å²) in [7, 11) is 0. The number of carbonyl (C=O) groups excluding carboxylic acids is 2. The molecule has 2 amide bonds. The van der Waals surface area contributed by atoms with Gasteiger partial charge in [-0.05, 0) is 56.4 Å². The molecular weight excluding hydrogens is 354 g/mol. The molecule has 0 spiro atoms. The predicted molar refractivity (Wildman–Crippen MR) is 104 cm³/mol. The molecule has 5 rings (SSSR count). The van der Waals surface area contributed by atoms with E-state index in [2.05, 4.69) is 9.97 Å². The zero-order valence-electron chi connectivity index (χ0n) is 20.8. The zero-order chi connectivity index (χ0) is 23.5. The fraction of sp³-hybridized carbons (Fsp3) is 0.714. The maximum absolute atomic E-state index is 12.9. The van der Waals surface area contributed by atoms with Crippen LogP contribution in [0.15, 0.2) is 18.4 Å². The first kappa shape index (κ1) is 13.2. The van der Waals surface area contributed by atoms with E-state index in [1.54, 1.807) is 4.90 Å². The van der Waals surface area contributed by atoms with Crippen molar-refractivity contribution >= 4 is 17.8 Å². The summed E-state index contributed by atoms with van der Waals surface area (Å²) in [5.41, 5.74) is 0. The van der Waals surface area contributed by atoms with Crippen molar-refractivity contribution in [3.63, 3.8) is 0 Å². The van der Waals surface area contributed by atoms with Crippen LogP contribution in [0, 0.1) is 23.7 Å². The van der Waals surface area contributed by atoms with Gasteiger partial charge in [0, 0.05) is 50.6 Å². The topological polar surface area (TPSA) is 69.6 Å². The molecule has 7 heteroatoms. The van der Waals surface area contributed by atoms with E-state index in [1.165, 1.54) is 17.3 Å². The Balaban J connectivity index is 1.13. The number of amides is 2. The second-order valence-electron chi connectivity index (χ2n) is 8.05. The Bertz CT molecular complexity index is 894. The maximum Gasteiger partial charge on any atom is 0.233 e. The lowest BCUT2D eigenvalue weighted by Crippen LogP contribution is -2.47. The Labute approximate surface area is 173 Å². The third-order valence-corrected chi connectivity index (χ3v) is 6.53. The van der Waals surface area contributed by atoms with Crippen LogP contribution < -0.4 is 4.90 Å². The van der Waals surface area contributed by atoms with Gasteiger partial charge in [-0.1, -0.05) is 0 Å². The number of nitrogens with zero attached hydrogens (tertiary/aromatic N) is 5. The minimum atomic E-state index is -1.56. The average Bonchev–Trinajstić information content (AvgIpc) is 3.40. The molecule has 1 aromatic heterocycles.